The van der Waals surface area contributed by atoms with Crippen molar-refractivity contribution in [3.63, 3.8) is 0 Å². The van der Waals surface area contributed by atoms with Gasteiger partial charge in [0.15, 0.2) is 6.29 Å². The van der Waals surface area contributed by atoms with Gasteiger partial charge < -0.3 is 39.4 Å². The van der Waals surface area contributed by atoms with Gasteiger partial charge in [-0.05, 0) is 77.0 Å². The van der Waals surface area contributed by atoms with Crippen LogP contribution in [0.15, 0.2) is 60.8 Å². The summed E-state index contributed by atoms with van der Waals surface area (Å²) in [7, 11) is 0. The van der Waals surface area contributed by atoms with Gasteiger partial charge in [0.05, 0.1) is 19.8 Å². The minimum Gasteiger partial charge on any atom is -0.457 e. The largest absolute Gasteiger partial charge is 0.457 e. The molecule has 0 aromatic heterocycles. The number of unbranched alkanes of at least 4 members (excludes halogenated alkanes) is 18. The van der Waals surface area contributed by atoms with Gasteiger partial charge in [-0.15, -0.1) is 0 Å². The average Bonchev–Trinajstić information content (AvgIpc) is 3.22. The van der Waals surface area contributed by atoms with Crippen molar-refractivity contribution in [1.82, 2.24) is 0 Å². The zero-order valence-corrected chi connectivity index (χ0v) is 36.8. The Balaban J connectivity index is 2.27. The molecule has 1 rings (SSSR count). The van der Waals surface area contributed by atoms with E-state index < -0.39 is 43.4 Å². The first kappa shape index (κ1) is 53.9. The zero-order valence-electron chi connectivity index (χ0n) is 36.8. The van der Waals surface area contributed by atoms with Crippen LogP contribution in [0.25, 0.3) is 0 Å². The van der Waals surface area contributed by atoms with E-state index in [0.29, 0.717) is 13.0 Å². The van der Waals surface area contributed by atoms with Crippen LogP contribution in [-0.4, -0.2) is 89.6 Å². The molecule has 9 heteroatoms. The summed E-state index contributed by atoms with van der Waals surface area (Å²) in [6.45, 7) is 4.39. The third-order valence-corrected chi connectivity index (χ3v) is 10.4. The maximum atomic E-state index is 12.8. The second-order valence-corrected chi connectivity index (χ2v) is 15.8. The van der Waals surface area contributed by atoms with E-state index >= 15 is 0 Å². The van der Waals surface area contributed by atoms with Crippen LogP contribution in [0.4, 0.5) is 0 Å². The summed E-state index contributed by atoms with van der Waals surface area (Å²) in [6, 6.07) is 0. The van der Waals surface area contributed by atoms with Crippen molar-refractivity contribution in [3.05, 3.63) is 60.8 Å². The van der Waals surface area contributed by atoms with Crippen LogP contribution >= 0.6 is 0 Å². The van der Waals surface area contributed by atoms with Crippen molar-refractivity contribution in [2.24, 2.45) is 0 Å². The number of esters is 1. The highest BCUT2D eigenvalue weighted by Crippen LogP contribution is 2.22. The summed E-state index contributed by atoms with van der Waals surface area (Å²) < 4.78 is 22.8. The quantitative estimate of drug-likeness (QED) is 0.0272. The first-order chi connectivity index (χ1) is 28.4. The Morgan fingerprint density at radius 2 is 1.05 bits per heavy atom. The molecule has 9 nitrogen and oxygen atoms in total. The van der Waals surface area contributed by atoms with E-state index in [1.165, 1.54) is 89.9 Å². The number of rotatable bonds is 39. The molecule has 0 radical (unpaired) electrons. The summed E-state index contributed by atoms with van der Waals surface area (Å²) in [6.07, 6.45) is 43.8. The second kappa shape index (κ2) is 40.3. The first-order valence-corrected chi connectivity index (χ1v) is 23.4. The number of carbonyl (C=O) groups excluding carboxylic acids is 1. The SMILES string of the molecule is CC/C=C\C/C=C\C/C=C\C/C=C\CCCCCCCOCC(COC1OC(CO)C(O)C(O)C1O)OC(=O)CCCCCCCCC/C=C\CCCCCCCC. The van der Waals surface area contributed by atoms with E-state index in [0.717, 1.165) is 70.6 Å². The van der Waals surface area contributed by atoms with Gasteiger partial charge in [0, 0.05) is 13.0 Å². The molecule has 0 aromatic carbocycles. The number of hydrogen-bond acceptors (Lipinski definition) is 9. The normalized spacial score (nSPS) is 20.8. The third kappa shape index (κ3) is 30.9. The number of aliphatic hydroxyl groups excluding tert-OH is 4. The number of hydrogen-bond donors (Lipinski definition) is 4. The molecule has 1 heterocycles. The topological polar surface area (TPSA) is 135 Å². The molecule has 0 aromatic rings. The monoisotopic (exact) mass is 819 g/mol. The predicted octanol–water partition coefficient (Wildman–Crippen LogP) is 10.7. The average molecular weight is 819 g/mol. The Labute approximate surface area is 354 Å². The molecule has 0 bridgehead atoms. The zero-order chi connectivity index (χ0) is 42.2. The lowest BCUT2D eigenvalue weighted by Crippen LogP contribution is -2.59. The summed E-state index contributed by atoms with van der Waals surface area (Å²) in [5.41, 5.74) is 0. The maximum absolute atomic E-state index is 12.8. The van der Waals surface area contributed by atoms with Crippen LogP contribution in [0.2, 0.25) is 0 Å². The Hall–Kier alpha value is -2.11. The van der Waals surface area contributed by atoms with Gasteiger partial charge in [0.1, 0.15) is 30.5 Å². The van der Waals surface area contributed by atoms with Crippen LogP contribution in [0.1, 0.15) is 181 Å². The molecule has 1 aliphatic heterocycles. The molecular weight excluding hydrogens is 733 g/mol. The van der Waals surface area contributed by atoms with Crippen molar-refractivity contribution in [2.45, 2.75) is 218 Å². The minimum atomic E-state index is -1.54. The second-order valence-electron chi connectivity index (χ2n) is 15.8. The predicted molar refractivity (Wildman–Crippen MR) is 238 cm³/mol. The first-order valence-electron chi connectivity index (χ1n) is 23.4. The van der Waals surface area contributed by atoms with Gasteiger partial charge in [-0.3, -0.25) is 4.79 Å². The Bertz CT molecular complexity index is 1070. The lowest BCUT2D eigenvalue weighted by Gasteiger charge is -2.39. The van der Waals surface area contributed by atoms with E-state index in [-0.39, 0.29) is 19.2 Å². The van der Waals surface area contributed by atoms with Crippen molar-refractivity contribution in [2.75, 3.05) is 26.4 Å². The van der Waals surface area contributed by atoms with Gasteiger partial charge in [-0.25, -0.2) is 0 Å². The van der Waals surface area contributed by atoms with Crippen molar-refractivity contribution in [3.8, 4) is 0 Å². The molecular formula is C49H86O9. The minimum absolute atomic E-state index is 0.125. The molecule has 336 valence electrons. The molecule has 4 N–H and O–H groups in total. The molecule has 1 fully saturated rings. The van der Waals surface area contributed by atoms with Crippen molar-refractivity contribution < 1.29 is 44.2 Å². The molecule has 6 atom stereocenters. The highest BCUT2D eigenvalue weighted by molar-refractivity contribution is 5.69. The standard InChI is InChI=1S/C49H86O9/c1-3-5-7-9-11-13-15-17-19-21-23-25-27-29-31-33-35-37-39-55-41-43(42-56-49-48(54)47(53)46(52)44(40-50)58-49)57-45(51)38-36-34-32-30-28-26-24-22-20-18-16-14-12-10-8-6-4-2/h5,7,11,13,17-20,23,25,43-44,46-50,52-54H,3-4,6,8-10,12,14-16,21-22,24,26-42H2,1-2H3/b7-5-,13-11-,19-17-,20-18-,25-23-. The summed E-state index contributed by atoms with van der Waals surface area (Å²) in [5, 5.41) is 40.1. The Morgan fingerprint density at radius 3 is 1.60 bits per heavy atom. The number of aliphatic hydroxyl groups is 4. The van der Waals surface area contributed by atoms with Crippen LogP contribution in [-0.2, 0) is 23.7 Å². The van der Waals surface area contributed by atoms with Gasteiger partial charge in [0.25, 0.3) is 0 Å². The lowest BCUT2D eigenvalue weighted by molar-refractivity contribution is -0.305. The summed E-state index contributed by atoms with van der Waals surface area (Å²) >= 11 is 0. The number of carbonyl (C=O) groups is 1. The highest BCUT2D eigenvalue weighted by atomic mass is 16.7. The lowest BCUT2D eigenvalue weighted by atomic mass is 9.99. The van der Waals surface area contributed by atoms with Crippen LogP contribution in [0, 0.1) is 0 Å². The van der Waals surface area contributed by atoms with E-state index in [1.54, 1.807) is 0 Å². The van der Waals surface area contributed by atoms with E-state index in [1.807, 2.05) is 0 Å². The van der Waals surface area contributed by atoms with Crippen LogP contribution < -0.4 is 0 Å². The fourth-order valence-electron chi connectivity index (χ4n) is 6.77. The van der Waals surface area contributed by atoms with Gasteiger partial charge >= 0.3 is 5.97 Å². The molecule has 0 saturated carbocycles. The number of allylic oxidation sites excluding steroid dienone is 10. The van der Waals surface area contributed by atoms with E-state index in [2.05, 4.69) is 74.6 Å². The fraction of sp³-hybridized carbons (Fsp3) is 0.776. The smallest absolute Gasteiger partial charge is 0.306 e. The molecule has 0 spiro atoms. The van der Waals surface area contributed by atoms with Gasteiger partial charge in [-0.1, -0.05) is 158 Å². The van der Waals surface area contributed by atoms with E-state index in [4.69, 9.17) is 18.9 Å². The summed E-state index contributed by atoms with van der Waals surface area (Å²) in [5.74, 6) is -0.327. The maximum Gasteiger partial charge on any atom is 0.306 e. The van der Waals surface area contributed by atoms with Crippen LogP contribution in [0.3, 0.4) is 0 Å². The molecule has 1 aliphatic rings. The Kier molecular flexibility index (Phi) is 37.5. The van der Waals surface area contributed by atoms with Crippen LogP contribution in [0.5, 0.6) is 0 Å². The van der Waals surface area contributed by atoms with E-state index in [9.17, 15) is 25.2 Å². The molecule has 0 amide bonds. The third-order valence-electron chi connectivity index (χ3n) is 10.4. The summed E-state index contributed by atoms with van der Waals surface area (Å²) in [4.78, 5) is 12.8. The molecule has 1 saturated heterocycles. The fourth-order valence-corrected chi connectivity index (χ4v) is 6.77. The van der Waals surface area contributed by atoms with Gasteiger partial charge in [0.2, 0.25) is 0 Å². The molecule has 58 heavy (non-hydrogen) atoms. The highest BCUT2D eigenvalue weighted by Gasteiger charge is 2.44. The van der Waals surface area contributed by atoms with Crippen molar-refractivity contribution in [1.29, 1.82) is 0 Å². The Morgan fingerprint density at radius 1 is 0.569 bits per heavy atom. The number of ether oxygens (including phenoxy) is 4. The van der Waals surface area contributed by atoms with Crippen molar-refractivity contribution >= 4 is 5.97 Å². The molecule has 0 aliphatic carbocycles. The van der Waals surface area contributed by atoms with Gasteiger partial charge in [-0.2, -0.15) is 0 Å². The molecule has 6 unspecified atom stereocenters.